The van der Waals surface area contributed by atoms with Crippen LogP contribution in [0.4, 0.5) is 5.82 Å². The molecular weight excluding hydrogens is 320 g/mol. The van der Waals surface area contributed by atoms with Crippen molar-refractivity contribution >= 4 is 27.4 Å². The maximum Gasteiger partial charge on any atom is 0.141 e. The van der Waals surface area contributed by atoms with E-state index in [-0.39, 0.29) is 5.60 Å². The third-order valence-electron chi connectivity index (χ3n) is 5.21. The Bertz CT molecular complexity index is 742. The first-order valence-electron chi connectivity index (χ1n) is 8.95. The maximum absolute atomic E-state index is 5.92. The Balaban J connectivity index is 1.78. The Labute approximate surface area is 147 Å². The first-order valence-corrected chi connectivity index (χ1v) is 9.77. The molecule has 0 aliphatic carbocycles. The standard InChI is InChI=1S/C18H26N4OS/c1-4-22(12-6-8-23-18(2,3)9-12)16-15-13-5-7-19-10-14(13)24-17(15)21-11-20-16/h11-12,19H,4-10H2,1-3H3. The van der Waals surface area contributed by atoms with Gasteiger partial charge in [-0.1, -0.05) is 0 Å². The number of fused-ring (bicyclic) bond motifs is 3. The van der Waals surface area contributed by atoms with Gasteiger partial charge in [-0.15, -0.1) is 11.3 Å². The normalized spacial score (nSPS) is 23.2. The van der Waals surface area contributed by atoms with Crippen molar-refractivity contribution in [3.05, 3.63) is 16.8 Å². The molecule has 4 heterocycles. The van der Waals surface area contributed by atoms with Crippen molar-refractivity contribution in [2.45, 2.75) is 58.2 Å². The predicted molar refractivity (Wildman–Crippen MR) is 98.9 cm³/mol. The van der Waals surface area contributed by atoms with E-state index in [1.165, 1.54) is 15.8 Å². The van der Waals surface area contributed by atoms with E-state index in [1.54, 1.807) is 6.33 Å². The summed E-state index contributed by atoms with van der Waals surface area (Å²) in [5.41, 5.74) is 1.41. The number of aromatic nitrogens is 2. The highest BCUT2D eigenvalue weighted by atomic mass is 32.1. The van der Waals surface area contributed by atoms with Gasteiger partial charge in [0.1, 0.15) is 17.0 Å². The number of thiophene rings is 1. The van der Waals surface area contributed by atoms with Gasteiger partial charge in [0.15, 0.2) is 0 Å². The fourth-order valence-electron chi connectivity index (χ4n) is 4.11. The summed E-state index contributed by atoms with van der Waals surface area (Å²) in [5.74, 6) is 1.13. The lowest BCUT2D eigenvalue weighted by Gasteiger charge is -2.41. The number of anilines is 1. The summed E-state index contributed by atoms with van der Waals surface area (Å²) in [5, 5.41) is 4.77. The van der Waals surface area contributed by atoms with Crippen molar-refractivity contribution in [1.82, 2.24) is 15.3 Å². The molecule has 5 nitrogen and oxygen atoms in total. The average Bonchev–Trinajstić information content (AvgIpc) is 2.94. The molecule has 0 aromatic carbocycles. The molecule has 2 aromatic rings. The number of nitrogens with zero attached hydrogens (tertiary/aromatic N) is 3. The van der Waals surface area contributed by atoms with Crippen LogP contribution < -0.4 is 10.2 Å². The SMILES string of the molecule is CCN(c1ncnc2sc3c(c12)CCNC3)C1CCOC(C)(C)C1. The number of hydrogen-bond acceptors (Lipinski definition) is 6. The van der Waals surface area contributed by atoms with E-state index >= 15 is 0 Å². The zero-order valence-corrected chi connectivity index (χ0v) is 15.6. The Morgan fingerprint density at radius 1 is 1.42 bits per heavy atom. The maximum atomic E-state index is 5.92. The first-order chi connectivity index (χ1) is 11.6. The van der Waals surface area contributed by atoms with Gasteiger partial charge in [-0.25, -0.2) is 9.97 Å². The van der Waals surface area contributed by atoms with Gasteiger partial charge in [-0.3, -0.25) is 0 Å². The third-order valence-corrected chi connectivity index (χ3v) is 6.35. The van der Waals surface area contributed by atoms with Crippen LogP contribution in [0.25, 0.3) is 10.2 Å². The van der Waals surface area contributed by atoms with Gasteiger partial charge in [0.25, 0.3) is 0 Å². The minimum absolute atomic E-state index is 0.0551. The fraction of sp³-hybridized carbons (Fsp3) is 0.667. The van der Waals surface area contributed by atoms with Gasteiger partial charge < -0.3 is 15.0 Å². The zero-order valence-electron chi connectivity index (χ0n) is 14.8. The van der Waals surface area contributed by atoms with E-state index in [2.05, 4.69) is 36.0 Å². The van der Waals surface area contributed by atoms with Crippen molar-refractivity contribution in [3.63, 3.8) is 0 Å². The molecule has 0 spiro atoms. The van der Waals surface area contributed by atoms with Gasteiger partial charge in [-0.2, -0.15) is 0 Å². The van der Waals surface area contributed by atoms with Crippen molar-refractivity contribution in [3.8, 4) is 0 Å². The van der Waals surface area contributed by atoms with Crippen LogP contribution in [0, 0.1) is 0 Å². The Hall–Kier alpha value is -1.24. The molecule has 1 unspecified atom stereocenters. The number of ether oxygens (including phenoxy) is 1. The molecule has 0 saturated carbocycles. The summed E-state index contributed by atoms with van der Waals surface area (Å²) < 4.78 is 5.92. The van der Waals surface area contributed by atoms with E-state index in [0.717, 1.165) is 56.2 Å². The Morgan fingerprint density at radius 3 is 3.08 bits per heavy atom. The highest BCUT2D eigenvalue weighted by molar-refractivity contribution is 7.19. The number of hydrogen-bond donors (Lipinski definition) is 1. The molecule has 130 valence electrons. The molecule has 1 fully saturated rings. The van der Waals surface area contributed by atoms with Gasteiger partial charge in [0.05, 0.1) is 11.0 Å². The fourth-order valence-corrected chi connectivity index (χ4v) is 5.26. The van der Waals surface area contributed by atoms with Crippen molar-refractivity contribution in [2.24, 2.45) is 0 Å². The second kappa shape index (κ2) is 6.24. The van der Waals surface area contributed by atoms with E-state index in [9.17, 15) is 0 Å². The van der Waals surface area contributed by atoms with Gasteiger partial charge in [0, 0.05) is 30.6 Å². The van der Waals surface area contributed by atoms with Crippen LogP contribution >= 0.6 is 11.3 Å². The average molecular weight is 347 g/mol. The van der Waals surface area contributed by atoms with Crippen LogP contribution in [0.2, 0.25) is 0 Å². The molecule has 1 atom stereocenters. The molecule has 0 bridgehead atoms. The lowest BCUT2D eigenvalue weighted by Crippen LogP contribution is -2.46. The van der Waals surface area contributed by atoms with Crippen LogP contribution in [-0.2, 0) is 17.7 Å². The molecule has 2 aliphatic heterocycles. The smallest absolute Gasteiger partial charge is 0.141 e. The first kappa shape index (κ1) is 16.2. The van der Waals surface area contributed by atoms with Crippen LogP contribution in [0.5, 0.6) is 0 Å². The summed E-state index contributed by atoms with van der Waals surface area (Å²) >= 11 is 1.82. The lowest BCUT2D eigenvalue weighted by atomic mass is 9.92. The summed E-state index contributed by atoms with van der Waals surface area (Å²) in [6, 6.07) is 0.481. The van der Waals surface area contributed by atoms with Crippen molar-refractivity contribution in [2.75, 3.05) is 24.6 Å². The summed E-state index contributed by atoms with van der Waals surface area (Å²) in [6.45, 7) is 10.4. The van der Waals surface area contributed by atoms with Gasteiger partial charge >= 0.3 is 0 Å². The van der Waals surface area contributed by atoms with E-state index in [4.69, 9.17) is 9.72 Å². The molecule has 1 N–H and O–H groups in total. The van der Waals surface area contributed by atoms with Gasteiger partial charge in [0.2, 0.25) is 0 Å². The highest BCUT2D eigenvalue weighted by Crippen LogP contribution is 2.39. The molecular formula is C18H26N4OS. The Kier molecular flexibility index (Phi) is 4.22. The molecule has 2 aromatic heterocycles. The highest BCUT2D eigenvalue weighted by Gasteiger charge is 2.33. The summed E-state index contributed by atoms with van der Waals surface area (Å²) in [6.07, 6.45) is 4.92. The molecule has 0 amide bonds. The largest absolute Gasteiger partial charge is 0.375 e. The molecule has 0 radical (unpaired) electrons. The monoisotopic (exact) mass is 346 g/mol. The molecule has 24 heavy (non-hydrogen) atoms. The van der Waals surface area contributed by atoms with Crippen LogP contribution in [0.15, 0.2) is 6.33 Å². The zero-order chi connectivity index (χ0) is 16.7. The summed E-state index contributed by atoms with van der Waals surface area (Å²) in [7, 11) is 0. The van der Waals surface area contributed by atoms with Crippen molar-refractivity contribution in [1.29, 1.82) is 0 Å². The van der Waals surface area contributed by atoms with E-state index in [0.29, 0.717) is 6.04 Å². The lowest BCUT2D eigenvalue weighted by molar-refractivity contribution is -0.0588. The second-order valence-electron chi connectivity index (χ2n) is 7.35. The van der Waals surface area contributed by atoms with E-state index in [1.807, 2.05) is 11.3 Å². The van der Waals surface area contributed by atoms with Crippen LogP contribution in [0.3, 0.4) is 0 Å². The molecule has 4 rings (SSSR count). The quantitative estimate of drug-likeness (QED) is 0.925. The van der Waals surface area contributed by atoms with E-state index < -0.39 is 0 Å². The van der Waals surface area contributed by atoms with Crippen LogP contribution in [-0.4, -0.2) is 41.3 Å². The third kappa shape index (κ3) is 2.80. The number of nitrogens with one attached hydrogen (secondary N) is 1. The minimum atomic E-state index is -0.0551. The molecule has 6 heteroatoms. The second-order valence-corrected chi connectivity index (χ2v) is 8.43. The van der Waals surface area contributed by atoms with Gasteiger partial charge in [-0.05, 0) is 52.1 Å². The molecule has 1 saturated heterocycles. The van der Waals surface area contributed by atoms with Crippen LogP contribution in [0.1, 0.15) is 44.1 Å². The summed E-state index contributed by atoms with van der Waals surface area (Å²) in [4.78, 5) is 14.4. The van der Waals surface area contributed by atoms with Crippen molar-refractivity contribution < 1.29 is 4.74 Å². The predicted octanol–water partition coefficient (Wildman–Crippen LogP) is 3.12. The minimum Gasteiger partial charge on any atom is -0.375 e. The number of rotatable bonds is 3. The Morgan fingerprint density at radius 2 is 2.29 bits per heavy atom. The molecule has 2 aliphatic rings. The topological polar surface area (TPSA) is 50.3 Å².